The maximum Gasteiger partial charge on any atom is 0.311 e. The van der Waals surface area contributed by atoms with Crippen LogP contribution in [0.3, 0.4) is 0 Å². The van der Waals surface area contributed by atoms with Crippen molar-refractivity contribution in [1.29, 1.82) is 0 Å². The highest BCUT2D eigenvalue weighted by atomic mass is 32.1. The van der Waals surface area contributed by atoms with Crippen LogP contribution in [0.4, 0.5) is 5.13 Å². The number of carbonyl (C=O) groups excluding carboxylic acids is 1. The molecule has 1 aromatic rings. The van der Waals surface area contributed by atoms with Crippen molar-refractivity contribution < 1.29 is 9.53 Å². The molecule has 2 N–H and O–H groups in total. The third-order valence-corrected chi connectivity index (χ3v) is 3.77. The molecular formula is C14H23N3O2S2. The number of aromatic nitrogens is 1. The first-order valence-corrected chi connectivity index (χ1v) is 8.59. The van der Waals surface area contributed by atoms with Crippen LogP contribution in [0.1, 0.15) is 45.2 Å². The summed E-state index contributed by atoms with van der Waals surface area (Å²) in [6.07, 6.45) is 5.01. The average Bonchev–Trinajstić information content (AvgIpc) is 2.85. The zero-order chi connectivity index (χ0) is 15.5. The Hall–Kier alpha value is -1.21. The quantitative estimate of drug-likeness (QED) is 0.412. The van der Waals surface area contributed by atoms with Gasteiger partial charge in [0, 0.05) is 11.9 Å². The second-order valence-corrected chi connectivity index (χ2v) is 5.83. The van der Waals surface area contributed by atoms with Crippen LogP contribution in [-0.2, 0) is 16.0 Å². The molecule has 0 aliphatic rings. The van der Waals surface area contributed by atoms with Crippen molar-refractivity contribution in [1.82, 2.24) is 10.3 Å². The predicted molar refractivity (Wildman–Crippen MR) is 90.8 cm³/mol. The fourth-order valence-electron chi connectivity index (χ4n) is 1.70. The van der Waals surface area contributed by atoms with Crippen LogP contribution >= 0.6 is 23.6 Å². The Kier molecular flexibility index (Phi) is 8.93. The normalized spacial score (nSPS) is 10.2. The fraction of sp³-hybridized carbons (Fsp3) is 0.643. The monoisotopic (exact) mass is 329 g/mol. The molecule has 0 fully saturated rings. The van der Waals surface area contributed by atoms with E-state index in [-0.39, 0.29) is 12.4 Å². The van der Waals surface area contributed by atoms with Crippen molar-refractivity contribution in [3.63, 3.8) is 0 Å². The maximum atomic E-state index is 11.4. The van der Waals surface area contributed by atoms with E-state index in [1.165, 1.54) is 30.6 Å². The molecule has 0 aliphatic heterocycles. The summed E-state index contributed by atoms with van der Waals surface area (Å²) in [6, 6.07) is 0. The van der Waals surface area contributed by atoms with Crippen molar-refractivity contribution in [2.75, 3.05) is 18.5 Å². The molecule has 5 nitrogen and oxygen atoms in total. The molecule has 0 radical (unpaired) electrons. The maximum absolute atomic E-state index is 11.4. The molecule has 0 bridgehead atoms. The molecule has 7 heteroatoms. The summed E-state index contributed by atoms with van der Waals surface area (Å²) in [5.74, 6) is -0.258. The minimum absolute atomic E-state index is 0.198. The van der Waals surface area contributed by atoms with Gasteiger partial charge in [0.15, 0.2) is 10.2 Å². The molecule has 1 rings (SSSR count). The van der Waals surface area contributed by atoms with Crippen LogP contribution in [-0.4, -0.2) is 29.2 Å². The highest BCUT2D eigenvalue weighted by Crippen LogP contribution is 2.16. The second kappa shape index (κ2) is 10.5. The number of thiocarbonyl (C=S) groups is 1. The summed E-state index contributed by atoms with van der Waals surface area (Å²) in [6.45, 7) is 5.24. The fourth-order valence-corrected chi connectivity index (χ4v) is 2.68. The third-order valence-electron chi connectivity index (χ3n) is 2.72. The Morgan fingerprint density at radius 2 is 2.19 bits per heavy atom. The van der Waals surface area contributed by atoms with E-state index in [0.717, 1.165) is 13.0 Å². The molecule has 0 spiro atoms. The van der Waals surface area contributed by atoms with Gasteiger partial charge in [0.2, 0.25) is 0 Å². The number of ether oxygens (including phenoxy) is 1. The van der Waals surface area contributed by atoms with Crippen molar-refractivity contribution in [2.45, 2.75) is 46.0 Å². The molecule has 1 aromatic heterocycles. The zero-order valence-corrected chi connectivity index (χ0v) is 14.2. The van der Waals surface area contributed by atoms with E-state index in [2.05, 4.69) is 22.5 Å². The second-order valence-electron chi connectivity index (χ2n) is 4.57. The van der Waals surface area contributed by atoms with Gasteiger partial charge in [-0.3, -0.25) is 4.79 Å². The van der Waals surface area contributed by atoms with Crippen molar-refractivity contribution in [2.24, 2.45) is 0 Å². The Labute approximate surface area is 135 Å². The van der Waals surface area contributed by atoms with Crippen LogP contribution in [0.25, 0.3) is 0 Å². The van der Waals surface area contributed by atoms with Crippen LogP contribution in [0.5, 0.6) is 0 Å². The van der Waals surface area contributed by atoms with Gasteiger partial charge in [-0.1, -0.05) is 26.2 Å². The lowest BCUT2D eigenvalue weighted by Crippen LogP contribution is -2.29. The smallest absolute Gasteiger partial charge is 0.311 e. The van der Waals surface area contributed by atoms with Gasteiger partial charge in [0.25, 0.3) is 0 Å². The lowest BCUT2D eigenvalue weighted by molar-refractivity contribution is -0.142. The number of nitrogens with one attached hydrogen (secondary N) is 2. The highest BCUT2D eigenvalue weighted by Gasteiger charge is 2.09. The Morgan fingerprint density at radius 3 is 2.90 bits per heavy atom. The first-order chi connectivity index (χ1) is 10.2. The van der Waals surface area contributed by atoms with Gasteiger partial charge in [-0.05, 0) is 25.6 Å². The molecule has 0 amide bonds. The summed E-state index contributed by atoms with van der Waals surface area (Å²) in [7, 11) is 0. The third kappa shape index (κ3) is 7.96. The van der Waals surface area contributed by atoms with E-state index >= 15 is 0 Å². The minimum atomic E-state index is -0.258. The number of rotatable bonds is 9. The standard InChI is InChI=1S/C14H23N3O2S2/c1-3-5-6-7-8-15-13(20)17-14-16-11(10-21-14)9-12(18)19-4-2/h10H,3-9H2,1-2H3,(H2,15,16,17,20). The lowest BCUT2D eigenvalue weighted by atomic mass is 10.2. The van der Waals surface area contributed by atoms with Crippen LogP contribution in [0.2, 0.25) is 0 Å². The van der Waals surface area contributed by atoms with Gasteiger partial charge in [0.05, 0.1) is 18.7 Å². The molecule has 0 unspecified atom stereocenters. The highest BCUT2D eigenvalue weighted by molar-refractivity contribution is 7.80. The Balaban J connectivity index is 2.27. The predicted octanol–water partition coefficient (Wildman–Crippen LogP) is 3.12. The molecule has 1 heterocycles. The molecule has 0 saturated heterocycles. The molecule has 0 saturated carbocycles. The summed E-state index contributed by atoms with van der Waals surface area (Å²) in [5, 5.41) is 9.29. The van der Waals surface area contributed by atoms with E-state index in [9.17, 15) is 4.79 Å². The zero-order valence-electron chi connectivity index (χ0n) is 12.6. The van der Waals surface area contributed by atoms with Gasteiger partial charge < -0.3 is 15.4 Å². The largest absolute Gasteiger partial charge is 0.466 e. The SMILES string of the molecule is CCCCCCNC(=S)Nc1nc(CC(=O)OCC)cs1. The molecule has 21 heavy (non-hydrogen) atoms. The summed E-state index contributed by atoms with van der Waals surface area (Å²) >= 11 is 6.63. The first-order valence-electron chi connectivity index (χ1n) is 7.30. The molecule has 0 aromatic carbocycles. The summed E-state index contributed by atoms with van der Waals surface area (Å²) in [5.41, 5.74) is 0.701. The van der Waals surface area contributed by atoms with E-state index < -0.39 is 0 Å². The van der Waals surface area contributed by atoms with E-state index in [0.29, 0.717) is 22.5 Å². The molecule has 0 aliphatic carbocycles. The van der Waals surface area contributed by atoms with E-state index in [1.807, 2.05) is 5.38 Å². The number of thiazole rings is 1. The van der Waals surface area contributed by atoms with Crippen LogP contribution in [0.15, 0.2) is 5.38 Å². The lowest BCUT2D eigenvalue weighted by Gasteiger charge is -2.07. The van der Waals surface area contributed by atoms with Gasteiger partial charge >= 0.3 is 5.97 Å². The van der Waals surface area contributed by atoms with Crippen LogP contribution < -0.4 is 10.6 Å². The minimum Gasteiger partial charge on any atom is -0.466 e. The first kappa shape index (κ1) is 17.8. The van der Waals surface area contributed by atoms with Crippen molar-refractivity contribution in [3.05, 3.63) is 11.1 Å². The number of anilines is 1. The summed E-state index contributed by atoms with van der Waals surface area (Å²) < 4.78 is 4.89. The van der Waals surface area contributed by atoms with Crippen molar-refractivity contribution in [3.8, 4) is 0 Å². The average molecular weight is 329 g/mol. The number of unbranched alkanes of at least 4 members (excludes halogenated alkanes) is 3. The number of hydrogen-bond donors (Lipinski definition) is 2. The van der Waals surface area contributed by atoms with Crippen molar-refractivity contribution >= 4 is 39.8 Å². The van der Waals surface area contributed by atoms with E-state index in [1.54, 1.807) is 6.92 Å². The Bertz CT molecular complexity index is 449. The van der Waals surface area contributed by atoms with E-state index in [4.69, 9.17) is 17.0 Å². The number of nitrogens with zero attached hydrogens (tertiary/aromatic N) is 1. The topological polar surface area (TPSA) is 63.2 Å². The van der Waals surface area contributed by atoms with Gasteiger partial charge in [-0.15, -0.1) is 11.3 Å². The molecule has 0 atom stereocenters. The van der Waals surface area contributed by atoms with Gasteiger partial charge in [-0.25, -0.2) is 4.98 Å². The number of esters is 1. The number of hydrogen-bond acceptors (Lipinski definition) is 5. The molecular weight excluding hydrogens is 306 g/mol. The van der Waals surface area contributed by atoms with Crippen LogP contribution in [0, 0.1) is 0 Å². The van der Waals surface area contributed by atoms with Gasteiger partial charge in [-0.2, -0.15) is 0 Å². The number of carbonyl (C=O) groups is 1. The van der Waals surface area contributed by atoms with Gasteiger partial charge in [0.1, 0.15) is 0 Å². The molecule has 118 valence electrons. The summed E-state index contributed by atoms with van der Waals surface area (Å²) in [4.78, 5) is 15.7. The Morgan fingerprint density at radius 1 is 1.38 bits per heavy atom.